The molecule has 13 nitrogen and oxygen atoms in total. The highest BCUT2D eigenvalue weighted by Crippen LogP contribution is 2.36. The highest BCUT2D eigenvalue weighted by Gasteiger charge is 2.26. The van der Waals surface area contributed by atoms with Gasteiger partial charge in [-0.1, -0.05) is 6.07 Å². The molecule has 16 heteroatoms. The van der Waals surface area contributed by atoms with Gasteiger partial charge in [-0.3, -0.25) is 9.44 Å². The van der Waals surface area contributed by atoms with Gasteiger partial charge in [0.25, 0.3) is 20.0 Å². The number of aryl methyl sites for hydroxylation is 2. The van der Waals surface area contributed by atoms with Crippen molar-refractivity contribution in [2.75, 3.05) is 59.6 Å². The first-order chi connectivity index (χ1) is 30.5. The summed E-state index contributed by atoms with van der Waals surface area (Å²) in [6.45, 7) is 15.7. The molecule has 0 unspecified atom stereocenters. The Morgan fingerprint density at radius 1 is 0.641 bits per heavy atom. The van der Waals surface area contributed by atoms with Crippen molar-refractivity contribution in [2.24, 2.45) is 0 Å². The van der Waals surface area contributed by atoms with Crippen LogP contribution in [0.3, 0.4) is 0 Å². The van der Waals surface area contributed by atoms with Crippen LogP contribution in [0.25, 0.3) is 22.5 Å². The van der Waals surface area contributed by atoms with E-state index in [2.05, 4.69) is 63.0 Å². The van der Waals surface area contributed by atoms with Gasteiger partial charge in [-0.15, -0.1) is 0 Å². The van der Waals surface area contributed by atoms with Crippen molar-refractivity contribution < 1.29 is 30.7 Å². The van der Waals surface area contributed by atoms with E-state index in [9.17, 15) is 16.8 Å². The lowest BCUT2D eigenvalue weighted by Gasteiger charge is -2.38. The Hall–Kier alpha value is -5.52. The number of benzene rings is 4. The van der Waals surface area contributed by atoms with Gasteiger partial charge in [0.15, 0.2) is 0 Å². The van der Waals surface area contributed by atoms with Crippen molar-refractivity contribution in [2.45, 2.75) is 75.5 Å². The second kappa shape index (κ2) is 19.7. The van der Waals surface area contributed by atoms with Crippen molar-refractivity contribution in [3.63, 3.8) is 0 Å². The Labute approximate surface area is 381 Å². The van der Waals surface area contributed by atoms with E-state index in [-0.39, 0.29) is 9.79 Å². The highest BCUT2D eigenvalue weighted by atomic mass is 32.2. The fourth-order valence-electron chi connectivity index (χ4n) is 8.52. The molecule has 2 aliphatic rings. The van der Waals surface area contributed by atoms with E-state index in [1.807, 2.05) is 66.9 Å². The molecule has 2 aliphatic heterocycles. The quantitative estimate of drug-likeness (QED) is 0.0930. The largest absolute Gasteiger partial charge is 0.495 e. The molecule has 2 aromatic heterocycles. The van der Waals surface area contributed by atoms with Crippen LogP contribution in [0, 0.1) is 13.8 Å². The molecule has 0 saturated carbocycles. The van der Waals surface area contributed by atoms with Gasteiger partial charge in [0.2, 0.25) is 0 Å². The second-order valence-electron chi connectivity index (χ2n) is 16.7. The summed E-state index contributed by atoms with van der Waals surface area (Å²) in [5, 5.41) is 11.1. The minimum absolute atomic E-state index is 0.213. The van der Waals surface area contributed by atoms with E-state index in [4.69, 9.17) is 13.9 Å². The van der Waals surface area contributed by atoms with Crippen LogP contribution in [0.4, 0.5) is 22.7 Å². The van der Waals surface area contributed by atoms with Crippen LogP contribution in [0.1, 0.15) is 38.8 Å². The third-order valence-electron chi connectivity index (χ3n) is 11.3. The zero-order valence-electron chi connectivity index (χ0n) is 37.5. The molecule has 4 atom stereocenters. The van der Waals surface area contributed by atoms with Crippen LogP contribution < -0.4 is 39.4 Å². The van der Waals surface area contributed by atoms with E-state index in [1.54, 1.807) is 68.0 Å². The molecule has 4 aromatic carbocycles. The second-order valence-corrected chi connectivity index (χ2v) is 20.8. The maximum atomic E-state index is 13.3. The molecule has 0 radical (unpaired) electrons. The lowest BCUT2D eigenvalue weighted by molar-refractivity contribution is 0.406. The van der Waals surface area contributed by atoms with Crippen LogP contribution in [-0.4, -0.2) is 81.4 Å². The SMILES string of the molecule is COc1ccc(N2C[C@@H](C)N[C@@H](C)C2)cc1NS(=O)(=O)c1ccc(-c2ccco2)cc1C.COc1ccc(N2C[C@@H](C)N[C@@H](C)C2)cc1NS(=O)(=O)c1ccc(-c2ccsc2)c(C)c1. The number of methoxy groups -OCH3 is 2. The summed E-state index contributed by atoms with van der Waals surface area (Å²) >= 11 is 1.62. The molecule has 8 rings (SSSR count). The zero-order chi connectivity index (χ0) is 45.8. The van der Waals surface area contributed by atoms with E-state index >= 15 is 0 Å². The van der Waals surface area contributed by atoms with Crippen LogP contribution in [0.15, 0.2) is 122 Å². The molecule has 4 N–H and O–H groups in total. The minimum Gasteiger partial charge on any atom is -0.495 e. The van der Waals surface area contributed by atoms with Crippen molar-refractivity contribution in [3.8, 4) is 33.9 Å². The number of anilines is 4. The van der Waals surface area contributed by atoms with E-state index in [0.29, 0.717) is 58.4 Å². The summed E-state index contributed by atoms with van der Waals surface area (Å²) < 4.78 is 74.8. The van der Waals surface area contributed by atoms with Crippen LogP contribution in [0.2, 0.25) is 0 Å². The summed E-state index contributed by atoms with van der Waals surface area (Å²) in [6.07, 6.45) is 1.59. The Morgan fingerprint density at radius 3 is 1.67 bits per heavy atom. The van der Waals surface area contributed by atoms with Crippen LogP contribution >= 0.6 is 11.3 Å². The van der Waals surface area contributed by atoms with Crippen LogP contribution in [-0.2, 0) is 20.0 Å². The maximum Gasteiger partial charge on any atom is 0.262 e. The molecule has 64 heavy (non-hydrogen) atoms. The number of hydrogen-bond acceptors (Lipinski definition) is 12. The van der Waals surface area contributed by atoms with Gasteiger partial charge in [0.05, 0.1) is 41.6 Å². The first-order valence-corrected chi connectivity index (χ1v) is 25.2. The number of hydrogen-bond donors (Lipinski definition) is 4. The summed E-state index contributed by atoms with van der Waals surface area (Å²) in [5.41, 5.74) is 7.27. The van der Waals surface area contributed by atoms with Crippen molar-refractivity contribution >= 4 is 54.1 Å². The standard InChI is InChI=1S/C24H29N3O4S.C24H29N3O3S2/c1-16-12-19(22-6-5-11-31-22)7-10-24(16)32(28,29)26-21-13-20(8-9-23(21)30-4)27-14-17(2)25-18(3)15-27;1-16-11-21(6-7-22(16)19-9-10-31-15-19)32(28,29)26-23-12-20(5-8-24(23)30-4)27-13-17(2)25-18(3)14-27/h5-13,17-18,25-26H,14-15H2,1-4H3;5-12,15,17-18,25-26H,13-14H2,1-4H3/t2*17-,18+. The van der Waals surface area contributed by atoms with Gasteiger partial charge in [0, 0.05) is 67.3 Å². The maximum absolute atomic E-state index is 13.3. The summed E-state index contributed by atoms with van der Waals surface area (Å²) in [4.78, 5) is 4.96. The molecular formula is C48H58N6O7S3. The predicted molar refractivity (Wildman–Crippen MR) is 260 cm³/mol. The number of piperazine rings is 2. The van der Waals surface area contributed by atoms with Gasteiger partial charge >= 0.3 is 0 Å². The average Bonchev–Trinajstić information content (AvgIpc) is 3.99. The van der Waals surface area contributed by atoms with Crippen LogP contribution in [0.5, 0.6) is 11.5 Å². The van der Waals surface area contributed by atoms with Gasteiger partial charge in [-0.05, 0) is 159 Å². The summed E-state index contributed by atoms with van der Waals surface area (Å²) in [7, 11) is -4.53. The number of ether oxygens (including phenoxy) is 2. The van der Waals surface area contributed by atoms with E-state index in [1.165, 1.54) is 7.11 Å². The number of nitrogens with zero attached hydrogens (tertiary/aromatic N) is 2. The Morgan fingerprint density at radius 2 is 1.20 bits per heavy atom. The fraction of sp³-hybridized carbons (Fsp3) is 0.333. The van der Waals surface area contributed by atoms with E-state index < -0.39 is 20.0 Å². The molecule has 0 spiro atoms. The number of thiophene rings is 1. The normalized spacial score (nSPS) is 19.1. The third-order valence-corrected chi connectivity index (χ3v) is 14.9. The Kier molecular flexibility index (Phi) is 14.3. The van der Waals surface area contributed by atoms with Crippen molar-refractivity contribution in [1.29, 1.82) is 0 Å². The van der Waals surface area contributed by atoms with Gasteiger partial charge in [0.1, 0.15) is 17.3 Å². The number of rotatable bonds is 12. The smallest absolute Gasteiger partial charge is 0.262 e. The Bertz CT molecular complexity index is 2740. The lowest BCUT2D eigenvalue weighted by atomic mass is 10.0. The molecule has 6 aromatic rings. The predicted octanol–water partition coefficient (Wildman–Crippen LogP) is 8.97. The molecule has 0 aliphatic carbocycles. The molecule has 4 heterocycles. The number of sulfonamides is 2. The topological polar surface area (TPSA) is 154 Å². The highest BCUT2D eigenvalue weighted by molar-refractivity contribution is 7.93. The lowest BCUT2D eigenvalue weighted by Crippen LogP contribution is -2.54. The van der Waals surface area contributed by atoms with E-state index in [0.717, 1.165) is 59.8 Å². The molecular weight excluding hydrogens is 869 g/mol. The summed E-state index contributed by atoms with van der Waals surface area (Å²) in [5.74, 6) is 1.65. The van der Waals surface area contributed by atoms with Crippen molar-refractivity contribution in [3.05, 3.63) is 119 Å². The van der Waals surface area contributed by atoms with Gasteiger partial charge in [-0.2, -0.15) is 11.3 Å². The zero-order valence-corrected chi connectivity index (χ0v) is 40.0. The van der Waals surface area contributed by atoms with Gasteiger partial charge < -0.3 is 34.3 Å². The Balaban J connectivity index is 0.000000191. The first kappa shape index (κ1) is 46.5. The molecule has 2 saturated heterocycles. The number of nitrogens with one attached hydrogen (secondary N) is 4. The average molecular weight is 927 g/mol. The number of furan rings is 1. The molecule has 340 valence electrons. The molecule has 0 bridgehead atoms. The van der Waals surface area contributed by atoms with Crippen molar-refractivity contribution in [1.82, 2.24) is 10.6 Å². The fourth-order valence-corrected chi connectivity index (χ4v) is 11.6. The molecule has 2 fully saturated rings. The minimum atomic E-state index is -3.82. The molecule has 0 amide bonds. The first-order valence-electron chi connectivity index (χ1n) is 21.2. The van der Waals surface area contributed by atoms with Gasteiger partial charge in [-0.25, -0.2) is 16.8 Å². The third kappa shape index (κ3) is 10.9. The summed E-state index contributed by atoms with van der Waals surface area (Å²) in [6, 6.07) is 28.7. The monoisotopic (exact) mass is 926 g/mol.